The minimum atomic E-state index is 0.0534. The lowest BCUT2D eigenvalue weighted by atomic mass is 10.1. The standard InChI is InChI=1S/C16H18N2O3/c1-3-12-9-13(18(2)17-12)10-14(19)11-4-5-15-16(8-11)21-7-6-20-15/h4-5,8-9H,3,6-7,10H2,1-2H3. The molecule has 0 amide bonds. The molecule has 0 bridgehead atoms. The molecule has 5 heteroatoms. The molecule has 0 atom stereocenters. The van der Waals surface area contributed by atoms with E-state index in [2.05, 4.69) is 12.0 Å². The van der Waals surface area contributed by atoms with Gasteiger partial charge in [0.15, 0.2) is 17.3 Å². The first-order valence-electron chi connectivity index (χ1n) is 7.12. The monoisotopic (exact) mass is 286 g/mol. The Kier molecular flexibility index (Phi) is 3.64. The van der Waals surface area contributed by atoms with Gasteiger partial charge >= 0.3 is 0 Å². The van der Waals surface area contributed by atoms with Crippen molar-refractivity contribution in [2.75, 3.05) is 13.2 Å². The maximum atomic E-state index is 12.4. The Labute approximate surface area is 123 Å². The van der Waals surface area contributed by atoms with Crippen LogP contribution in [-0.4, -0.2) is 28.8 Å². The lowest BCUT2D eigenvalue weighted by molar-refractivity contribution is 0.0989. The van der Waals surface area contributed by atoms with Gasteiger partial charge in [-0.25, -0.2) is 0 Å². The van der Waals surface area contributed by atoms with Crippen LogP contribution in [0.5, 0.6) is 11.5 Å². The van der Waals surface area contributed by atoms with Gasteiger partial charge in [0.25, 0.3) is 0 Å². The summed E-state index contributed by atoms with van der Waals surface area (Å²) in [4.78, 5) is 12.4. The average molecular weight is 286 g/mol. The van der Waals surface area contributed by atoms with Crippen molar-refractivity contribution in [3.63, 3.8) is 0 Å². The number of aryl methyl sites for hydroxylation is 2. The van der Waals surface area contributed by atoms with Crippen molar-refractivity contribution in [3.8, 4) is 11.5 Å². The summed E-state index contributed by atoms with van der Waals surface area (Å²) in [5.74, 6) is 1.40. The van der Waals surface area contributed by atoms with Gasteiger partial charge < -0.3 is 9.47 Å². The van der Waals surface area contributed by atoms with Crippen molar-refractivity contribution in [3.05, 3.63) is 41.2 Å². The molecule has 1 aliphatic heterocycles. The molecule has 0 unspecified atom stereocenters. The number of benzene rings is 1. The van der Waals surface area contributed by atoms with Gasteiger partial charge in [0, 0.05) is 18.3 Å². The van der Waals surface area contributed by atoms with Crippen molar-refractivity contribution < 1.29 is 14.3 Å². The second-order valence-electron chi connectivity index (χ2n) is 5.06. The number of carbonyl (C=O) groups is 1. The Morgan fingerprint density at radius 3 is 2.71 bits per heavy atom. The molecule has 1 aromatic heterocycles. The molecule has 0 spiro atoms. The van der Waals surface area contributed by atoms with Crippen LogP contribution in [0.25, 0.3) is 0 Å². The Hall–Kier alpha value is -2.30. The number of ketones is 1. The highest BCUT2D eigenvalue weighted by molar-refractivity contribution is 5.98. The lowest BCUT2D eigenvalue weighted by Gasteiger charge is -2.18. The quantitative estimate of drug-likeness (QED) is 0.808. The average Bonchev–Trinajstić information content (AvgIpc) is 2.87. The molecule has 0 saturated heterocycles. The third-order valence-electron chi connectivity index (χ3n) is 3.60. The molecular weight excluding hydrogens is 268 g/mol. The van der Waals surface area contributed by atoms with E-state index in [4.69, 9.17) is 9.47 Å². The zero-order valence-electron chi connectivity index (χ0n) is 12.3. The largest absolute Gasteiger partial charge is 0.486 e. The summed E-state index contributed by atoms with van der Waals surface area (Å²) in [5.41, 5.74) is 2.56. The van der Waals surface area contributed by atoms with Crippen LogP contribution in [0.1, 0.15) is 28.7 Å². The molecule has 1 aromatic carbocycles. The van der Waals surface area contributed by atoms with Gasteiger partial charge in [-0.15, -0.1) is 0 Å². The van der Waals surface area contributed by atoms with E-state index in [9.17, 15) is 4.79 Å². The second-order valence-corrected chi connectivity index (χ2v) is 5.06. The second kappa shape index (κ2) is 5.60. The Bertz CT molecular complexity index is 676. The summed E-state index contributed by atoms with van der Waals surface area (Å²) < 4.78 is 12.8. The number of nitrogens with zero attached hydrogens (tertiary/aromatic N) is 2. The fourth-order valence-electron chi connectivity index (χ4n) is 2.39. The van der Waals surface area contributed by atoms with Crippen LogP contribution in [0.4, 0.5) is 0 Å². The van der Waals surface area contributed by atoms with E-state index in [1.165, 1.54) is 0 Å². The Morgan fingerprint density at radius 1 is 1.24 bits per heavy atom. The summed E-state index contributed by atoms with van der Waals surface area (Å²) in [6.45, 7) is 3.12. The van der Waals surface area contributed by atoms with Crippen LogP contribution in [0, 0.1) is 0 Å². The summed E-state index contributed by atoms with van der Waals surface area (Å²) in [6, 6.07) is 7.32. The molecule has 21 heavy (non-hydrogen) atoms. The van der Waals surface area contributed by atoms with Gasteiger partial charge in [0.2, 0.25) is 0 Å². The van der Waals surface area contributed by atoms with Crippen LogP contribution >= 0.6 is 0 Å². The van der Waals surface area contributed by atoms with Gasteiger partial charge in [-0.3, -0.25) is 9.48 Å². The van der Waals surface area contributed by atoms with Crippen LogP contribution in [-0.2, 0) is 19.9 Å². The van der Waals surface area contributed by atoms with Gasteiger partial charge in [-0.05, 0) is 30.7 Å². The maximum absolute atomic E-state index is 12.4. The molecule has 2 aromatic rings. The predicted molar refractivity (Wildman–Crippen MR) is 78.1 cm³/mol. The SMILES string of the molecule is CCc1cc(CC(=O)c2ccc3c(c2)OCCO3)n(C)n1. The highest BCUT2D eigenvalue weighted by Gasteiger charge is 2.16. The van der Waals surface area contributed by atoms with Crippen LogP contribution in [0.2, 0.25) is 0 Å². The summed E-state index contributed by atoms with van der Waals surface area (Å²) in [7, 11) is 1.87. The van der Waals surface area contributed by atoms with E-state index in [0.29, 0.717) is 36.7 Å². The number of fused-ring (bicyclic) bond motifs is 1. The van der Waals surface area contributed by atoms with Gasteiger partial charge in [0.1, 0.15) is 13.2 Å². The fraction of sp³-hybridized carbons (Fsp3) is 0.375. The molecule has 2 heterocycles. The lowest BCUT2D eigenvalue weighted by Crippen LogP contribution is -2.16. The van der Waals surface area contributed by atoms with Crippen LogP contribution in [0.15, 0.2) is 24.3 Å². The minimum Gasteiger partial charge on any atom is -0.486 e. The molecular formula is C16H18N2O3. The highest BCUT2D eigenvalue weighted by atomic mass is 16.6. The predicted octanol–water partition coefficient (Wildman–Crippen LogP) is 2.18. The molecule has 3 rings (SSSR count). The van der Waals surface area contributed by atoms with E-state index in [-0.39, 0.29) is 5.78 Å². The Morgan fingerprint density at radius 2 is 2.00 bits per heavy atom. The number of aromatic nitrogens is 2. The topological polar surface area (TPSA) is 53.4 Å². The molecule has 0 aliphatic carbocycles. The molecule has 1 aliphatic rings. The summed E-state index contributed by atoms with van der Waals surface area (Å²) >= 11 is 0. The Balaban J connectivity index is 1.80. The first kappa shape index (κ1) is 13.7. The van der Waals surface area contributed by atoms with Crippen molar-refractivity contribution >= 4 is 5.78 Å². The van der Waals surface area contributed by atoms with Crippen LogP contribution in [0.3, 0.4) is 0 Å². The van der Waals surface area contributed by atoms with Gasteiger partial charge in [0.05, 0.1) is 12.1 Å². The third kappa shape index (κ3) is 2.77. The number of carbonyl (C=O) groups excluding carboxylic acids is 1. The van der Waals surface area contributed by atoms with Gasteiger partial charge in [-0.2, -0.15) is 5.10 Å². The third-order valence-corrected chi connectivity index (χ3v) is 3.60. The number of hydrogen-bond donors (Lipinski definition) is 0. The molecule has 0 radical (unpaired) electrons. The number of Topliss-reactive ketones (excluding diaryl/α,β-unsaturated/α-hetero) is 1. The molecule has 110 valence electrons. The molecule has 0 fully saturated rings. The molecule has 5 nitrogen and oxygen atoms in total. The first-order valence-corrected chi connectivity index (χ1v) is 7.12. The van der Waals surface area contributed by atoms with E-state index in [1.807, 2.05) is 13.1 Å². The molecule has 0 saturated carbocycles. The van der Waals surface area contributed by atoms with Crippen molar-refractivity contribution in [2.24, 2.45) is 7.05 Å². The first-order chi connectivity index (χ1) is 10.2. The van der Waals surface area contributed by atoms with E-state index in [0.717, 1.165) is 17.8 Å². The smallest absolute Gasteiger partial charge is 0.168 e. The van der Waals surface area contributed by atoms with Crippen molar-refractivity contribution in [1.82, 2.24) is 9.78 Å². The normalized spacial score (nSPS) is 13.2. The number of rotatable bonds is 4. The maximum Gasteiger partial charge on any atom is 0.168 e. The summed E-state index contributed by atoms with van der Waals surface area (Å²) in [5, 5.41) is 4.37. The number of hydrogen-bond acceptors (Lipinski definition) is 4. The van der Waals surface area contributed by atoms with E-state index < -0.39 is 0 Å². The van der Waals surface area contributed by atoms with Gasteiger partial charge in [-0.1, -0.05) is 6.92 Å². The minimum absolute atomic E-state index is 0.0534. The van der Waals surface area contributed by atoms with Crippen molar-refractivity contribution in [2.45, 2.75) is 19.8 Å². The van der Waals surface area contributed by atoms with Crippen LogP contribution < -0.4 is 9.47 Å². The number of ether oxygens (including phenoxy) is 2. The zero-order chi connectivity index (χ0) is 14.8. The fourth-order valence-corrected chi connectivity index (χ4v) is 2.39. The van der Waals surface area contributed by atoms with E-state index >= 15 is 0 Å². The summed E-state index contributed by atoms with van der Waals surface area (Å²) in [6.07, 6.45) is 1.20. The van der Waals surface area contributed by atoms with E-state index in [1.54, 1.807) is 22.9 Å². The highest BCUT2D eigenvalue weighted by Crippen LogP contribution is 2.31. The molecule has 0 N–H and O–H groups in total. The van der Waals surface area contributed by atoms with Crippen molar-refractivity contribution in [1.29, 1.82) is 0 Å². The zero-order valence-corrected chi connectivity index (χ0v) is 12.3.